The molecular formula is C20H21F2N3O2. The molecule has 0 radical (unpaired) electrons. The van der Waals surface area contributed by atoms with Crippen molar-refractivity contribution in [2.45, 2.75) is 37.6 Å². The van der Waals surface area contributed by atoms with Gasteiger partial charge < -0.3 is 10.6 Å². The zero-order valence-electron chi connectivity index (χ0n) is 15.0. The average molecular weight is 373 g/mol. The summed E-state index contributed by atoms with van der Waals surface area (Å²) >= 11 is 0. The molecule has 0 bridgehead atoms. The van der Waals surface area contributed by atoms with Gasteiger partial charge in [-0.2, -0.15) is 8.78 Å². The number of hydrogen-bond donors (Lipinski definition) is 2. The number of hydrogen-bond acceptors (Lipinski definition) is 3. The van der Waals surface area contributed by atoms with Gasteiger partial charge in [-0.25, -0.2) is 4.98 Å². The Morgan fingerprint density at radius 1 is 1.22 bits per heavy atom. The van der Waals surface area contributed by atoms with Crippen LogP contribution < -0.4 is 10.6 Å². The number of halogens is 2. The molecule has 2 amide bonds. The highest BCUT2D eigenvalue weighted by molar-refractivity contribution is 5.91. The number of alkyl halides is 2. The van der Waals surface area contributed by atoms with Crippen LogP contribution in [0.3, 0.4) is 0 Å². The van der Waals surface area contributed by atoms with E-state index in [0.29, 0.717) is 12.1 Å². The Morgan fingerprint density at radius 2 is 1.96 bits per heavy atom. The van der Waals surface area contributed by atoms with Gasteiger partial charge >= 0.3 is 0 Å². The summed E-state index contributed by atoms with van der Waals surface area (Å²) in [6.07, 6.45) is 0.632. The molecule has 142 valence electrons. The van der Waals surface area contributed by atoms with E-state index in [9.17, 15) is 18.4 Å². The van der Waals surface area contributed by atoms with Crippen LogP contribution in [-0.4, -0.2) is 23.3 Å². The molecule has 2 N–H and O–H groups in total. The first kappa shape index (κ1) is 18.9. The van der Waals surface area contributed by atoms with Crippen LogP contribution in [0.25, 0.3) is 0 Å². The molecule has 1 atom stereocenters. The number of nitrogens with one attached hydrogen (secondary N) is 2. The van der Waals surface area contributed by atoms with E-state index in [1.165, 1.54) is 12.1 Å². The normalized spacial score (nSPS) is 20.0. The van der Waals surface area contributed by atoms with Gasteiger partial charge in [0.15, 0.2) is 0 Å². The first-order valence-corrected chi connectivity index (χ1v) is 8.76. The van der Waals surface area contributed by atoms with Crippen molar-refractivity contribution in [3.63, 3.8) is 0 Å². The van der Waals surface area contributed by atoms with Crippen molar-refractivity contribution in [3.05, 3.63) is 65.5 Å². The molecule has 0 aliphatic carbocycles. The third-order valence-corrected chi connectivity index (χ3v) is 4.81. The Hall–Kier alpha value is -2.83. The van der Waals surface area contributed by atoms with Gasteiger partial charge in [0, 0.05) is 19.9 Å². The topological polar surface area (TPSA) is 71.1 Å². The Balaban J connectivity index is 1.79. The summed E-state index contributed by atoms with van der Waals surface area (Å²) in [5, 5.41) is 5.57. The summed E-state index contributed by atoms with van der Waals surface area (Å²) < 4.78 is 26.9. The van der Waals surface area contributed by atoms with Crippen LogP contribution >= 0.6 is 0 Å². The lowest BCUT2D eigenvalue weighted by Gasteiger charge is -2.36. The number of rotatable bonds is 5. The van der Waals surface area contributed by atoms with Crippen LogP contribution in [0, 0.1) is 0 Å². The number of nitrogens with zero attached hydrogens (tertiary/aromatic N) is 1. The Morgan fingerprint density at radius 3 is 2.59 bits per heavy atom. The Bertz CT molecular complexity index is 825. The van der Waals surface area contributed by atoms with E-state index in [4.69, 9.17) is 0 Å². The van der Waals surface area contributed by atoms with E-state index in [0.717, 1.165) is 12.5 Å². The van der Waals surface area contributed by atoms with Crippen LogP contribution in [0.4, 0.5) is 8.78 Å². The molecule has 1 aromatic heterocycles. The second-order valence-corrected chi connectivity index (χ2v) is 6.81. The quantitative estimate of drug-likeness (QED) is 0.847. The molecule has 1 aliphatic rings. The maximum absolute atomic E-state index is 13.5. The zero-order valence-corrected chi connectivity index (χ0v) is 15.0. The molecule has 27 heavy (non-hydrogen) atoms. The maximum Gasteiger partial charge on any atom is 0.286 e. The highest BCUT2D eigenvalue weighted by Gasteiger charge is 2.43. The summed E-state index contributed by atoms with van der Waals surface area (Å²) in [5.41, 5.74) is -0.0618. The number of carbonyl (C=O) groups excluding carboxylic acids is 2. The van der Waals surface area contributed by atoms with Crippen LogP contribution in [0.1, 0.15) is 36.7 Å². The molecule has 2 aromatic rings. The van der Waals surface area contributed by atoms with E-state index < -0.39 is 11.3 Å². The molecule has 1 fully saturated rings. The van der Waals surface area contributed by atoms with Gasteiger partial charge in [-0.3, -0.25) is 9.59 Å². The summed E-state index contributed by atoms with van der Waals surface area (Å²) in [6.45, 7) is 1.01. The smallest absolute Gasteiger partial charge is 0.286 e. The molecule has 1 saturated heterocycles. The molecule has 0 spiro atoms. The van der Waals surface area contributed by atoms with Gasteiger partial charge in [0.2, 0.25) is 11.8 Å². The minimum Gasteiger partial charge on any atom is -0.355 e. The summed E-state index contributed by atoms with van der Waals surface area (Å²) in [7, 11) is 0. The maximum atomic E-state index is 13.5. The number of amides is 2. The van der Waals surface area contributed by atoms with Crippen LogP contribution in [0.2, 0.25) is 0 Å². The molecule has 1 unspecified atom stereocenters. The lowest BCUT2D eigenvalue weighted by molar-refractivity contribution is -0.131. The molecule has 0 saturated carbocycles. The number of piperidine rings is 1. The van der Waals surface area contributed by atoms with Gasteiger partial charge in [0.25, 0.3) is 5.92 Å². The van der Waals surface area contributed by atoms with E-state index >= 15 is 0 Å². The second kappa shape index (κ2) is 7.42. The first-order valence-electron chi connectivity index (χ1n) is 8.76. The van der Waals surface area contributed by atoms with E-state index in [1.807, 2.05) is 30.3 Å². The van der Waals surface area contributed by atoms with Gasteiger partial charge in [0.05, 0.1) is 17.7 Å². The fourth-order valence-electron chi connectivity index (χ4n) is 3.24. The van der Waals surface area contributed by atoms with E-state index in [1.54, 1.807) is 6.07 Å². The zero-order chi connectivity index (χ0) is 19.5. The van der Waals surface area contributed by atoms with Crippen molar-refractivity contribution in [2.24, 2.45) is 0 Å². The van der Waals surface area contributed by atoms with Crippen LogP contribution in [0.15, 0.2) is 48.5 Å². The second-order valence-electron chi connectivity index (χ2n) is 6.81. The number of pyridine rings is 1. The molecule has 5 nitrogen and oxygen atoms in total. The highest BCUT2D eigenvalue weighted by atomic mass is 19.3. The predicted molar refractivity (Wildman–Crippen MR) is 96.0 cm³/mol. The van der Waals surface area contributed by atoms with Crippen molar-refractivity contribution in [1.82, 2.24) is 15.6 Å². The molecule has 7 heteroatoms. The lowest BCUT2D eigenvalue weighted by atomic mass is 9.73. The molecular weight excluding hydrogens is 352 g/mol. The van der Waals surface area contributed by atoms with Crippen molar-refractivity contribution in [1.29, 1.82) is 0 Å². The Kier molecular flexibility index (Phi) is 5.21. The SMILES string of the molecule is CC(F)(F)c1cccc(CNC(=O)C2(c3ccccc3)CCC(=O)NC2)n1. The van der Waals surface area contributed by atoms with Gasteiger partial charge in [0.1, 0.15) is 5.69 Å². The first-order chi connectivity index (χ1) is 12.8. The fourth-order valence-corrected chi connectivity index (χ4v) is 3.24. The monoisotopic (exact) mass is 373 g/mol. The Labute approximate surface area is 156 Å². The van der Waals surface area contributed by atoms with Crippen LogP contribution in [-0.2, 0) is 27.5 Å². The van der Waals surface area contributed by atoms with Gasteiger partial charge in [-0.15, -0.1) is 0 Å². The predicted octanol–water partition coefficient (Wildman–Crippen LogP) is 2.66. The molecule has 1 aliphatic heterocycles. The van der Waals surface area contributed by atoms with E-state index in [-0.39, 0.29) is 37.0 Å². The molecule has 2 heterocycles. The van der Waals surface area contributed by atoms with Crippen LogP contribution in [0.5, 0.6) is 0 Å². The minimum atomic E-state index is -3.04. The summed E-state index contributed by atoms with van der Waals surface area (Å²) in [4.78, 5) is 28.6. The van der Waals surface area contributed by atoms with Gasteiger partial charge in [-0.05, 0) is 24.1 Å². The van der Waals surface area contributed by atoms with Crippen molar-refractivity contribution in [3.8, 4) is 0 Å². The largest absolute Gasteiger partial charge is 0.355 e. The molecule has 1 aromatic carbocycles. The van der Waals surface area contributed by atoms with Gasteiger partial charge in [-0.1, -0.05) is 36.4 Å². The minimum absolute atomic E-state index is 0.0330. The highest BCUT2D eigenvalue weighted by Crippen LogP contribution is 2.32. The van der Waals surface area contributed by atoms with Crippen molar-refractivity contribution >= 4 is 11.8 Å². The van der Waals surface area contributed by atoms with E-state index in [2.05, 4.69) is 15.6 Å². The summed E-state index contributed by atoms with van der Waals surface area (Å²) in [5.74, 6) is -3.39. The third-order valence-electron chi connectivity index (χ3n) is 4.81. The fraction of sp³-hybridized carbons (Fsp3) is 0.350. The van der Waals surface area contributed by atoms with Crippen molar-refractivity contribution in [2.75, 3.05) is 6.54 Å². The number of carbonyl (C=O) groups is 2. The standard InChI is InChI=1S/C20H21F2N3O2/c1-19(21,22)16-9-5-8-15(25-16)12-23-18(27)20(11-10-17(26)24-13-20)14-6-3-2-4-7-14/h2-9H,10-13H2,1H3,(H,23,27)(H,24,26). The summed E-state index contributed by atoms with van der Waals surface area (Å²) in [6, 6.07) is 13.6. The third kappa shape index (κ3) is 4.13. The van der Waals surface area contributed by atoms with Crippen molar-refractivity contribution < 1.29 is 18.4 Å². The number of aromatic nitrogens is 1. The molecule has 3 rings (SSSR count). The lowest BCUT2D eigenvalue weighted by Crippen LogP contribution is -2.55. The number of benzene rings is 1. The average Bonchev–Trinajstić information content (AvgIpc) is 2.67.